The number of pyridine rings is 2. The summed E-state index contributed by atoms with van der Waals surface area (Å²) < 4.78 is 0. The number of nitrogens with one attached hydrogen (secondary N) is 1. The van der Waals surface area contributed by atoms with Gasteiger partial charge in [0.25, 0.3) is 0 Å². The van der Waals surface area contributed by atoms with Crippen molar-refractivity contribution in [1.29, 1.82) is 5.26 Å². The van der Waals surface area contributed by atoms with E-state index in [9.17, 15) is 5.26 Å². The van der Waals surface area contributed by atoms with Crippen molar-refractivity contribution in [3.05, 3.63) is 90.4 Å². The van der Waals surface area contributed by atoms with Gasteiger partial charge in [-0.25, -0.2) is 4.98 Å². The average molecular weight is 361 g/mol. The molecular formula is C23H15N5. The molecule has 0 amide bonds. The van der Waals surface area contributed by atoms with E-state index >= 15 is 0 Å². The van der Waals surface area contributed by atoms with Crippen molar-refractivity contribution >= 4 is 21.8 Å². The number of H-pyrrole nitrogens is 1. The second-order valence-electron chi connectivity index (χ2n) is 6.62. The number of nitrogens with zero attached hydrogens (tertiary/aromatic N) is 4. The second-order valence-corrected chi connectivity index (χ2v) is 6.62. The molecule has 0 saturated heterocycles. The Morgan fingerprint density at radius 2 is 1.82 bits per heavy atom. The molecule has 28 heavy (non-hydrogen) atoms. The SMILES string of the molecule is N#C[C@H](c1ccccc1)c1ccc2c(-c3ccc4cnccc4c3)[nH]nc2n1. The number of hydrogen-bond acceptors (Lipinski definition) is 4. The fourth-order valence-electron chi connectivity index (χ4n) is 3.49. The number of hydrogen-bond donors (Lipinski definition) is 1. The summed E-state index contributed by atoms with van der Waals surface area (Å²) in [5, 5.41) is 20.3. The van der Waals surface area contributed by atoms with Crippen LogP contribution >= 0.6 is 0 Å². The highest BCUT2D eigenvalue weighted by atomic mass is 15.1. The van der Waals surface area contributed by atoms with Gasteiger partial charge in [0.1, 0.15) is 5.92 Å². The summed E-state index contributed by atoms with van der Waals surface area (Å²) in [5.41, 5.74) is 4.19. The third kappa shape index (κ3) is 2.68. The highest BCUT2D eigenvalue weighted by Gasteiger charge is 2.17. The normalized spacial score (nSPS) is 12.1. The number of benzene rings is 2. The Kier molecular flexibility index (Phi) is 3.81. The van der Waals surface area contributed by atoms with Gasteiger partial charge >= 0.3 is 0 Å². The summed E-state index contributed by atoms with van der Waals surface area (Å²) in [6, 6.07) is 24.1. The molecule has 5 rings (SSSR count). The van der Waals surface area contributed by atoms with Crippen LogP contribution in [0.15, 0.2) is 79.1 Å². The zero-order chi connectivity index (χ0) is 18.9. The molecule has 1 N–H and O–H groups in total. The lowest BCUT2D eigenvalue weighted by Gasteiger charge is -2.08. The molecule has 0 saturated carbocycles. The van der Waals surface area contributed by atoms with Crippen LogP contribution in [0.25, 0.3) is 33.1 Å². The van der Waals surface area contributed by atoms with Crippen LogP contribution in [-0.4, -0.2) is 20.2 Å². The van der Waals surface area contributed by atoms with Crippen molar-refractivity contribution in [2.24, 2.45) is 0 Å². The first-order valence-corrected chi connectivity index (χ1v) is 8.97. The van der Waals surface area contributed by atoms with Gasteiger partial charge in [0.05, 0.1) is 17.5 Å². The van der Waals surface area contributed by atoms with Gasteiger partial charge in [-0.15, -0.1) is 0 Å². The lowest BCUT2D eigenvalue weighted by molar-refractivity contribution is 0.969. The number of rotatable bonds is 3. The van der Waals surface area contributed by atoms with Crippen LogP contribution in [0.2, 0.25) is 0 Å². The van der Waals surface area contributed by atoms with Crippen molar-refractivity contribution in [3.8, 4) is 17.3 Å². The summed E-state index contributed by atoms with van der Waals surface area (Å²) in [5.74, 6) is -0.418. The maximum atomic E-state index is 9.67. The molecule has 0 spiro atoms. The zero-order valence-electron chi connectivity index (χ0n) is 14.9. The summed E-state index contributed by atoms with van der Waals surface area (Å²) in [6.07, 6.45) is 3.64. The van der Waals surface area contributed by atoms with E-state index in [1.54, 1.807) is 6.20 Å². The van der Waals surface area contributed by atoms with Crippen molar-refractivity contribution in [1.82, 2.24) is 20.2 Å². The van der Waals surface area contributed by atoms with E-state index < -0.39 is 5.92 Å². The Labute approximate surface area is 161 Å². The van der Waals surface area contributed by atoms with Gasteiger partial charge in [0.15, 0.2) is 5.65 Å². The summed E-state index contributed by atoms with van der Waals surface area (Å²) in [4.78, 5) is 8.81. The van der Waals surface area contributed by atoms with Gasteiger partial charge < -0.3 is 0 Å². The predicted molar refractivity (Wildman–Crippen MR) is 109 cm³/mol. The molecule has 0 fully saturated rings. The molecule has 0 bridgehead atoms. The maximum Gasteiger partial charge on any atom is 0.181 e. The molecule has 132 valence electrons. The Bertz CT molecular complexity index is 1330. The third-order valence-corrected chi connectivity index (χ3v) is 4.93. The minimum absolute atomic E-state index is 0.418. The van der Waals surface area contributed by atoms with Gasteiger partial charge in [-0.1, -0.05) is 42.5 Å². The molecule has 0 aliphatic heterocycles. The van der Waals surface area contributed by atoms with Crippen molar-refractivity contribution < 1.29 is 0 Å². The highest BCUT2D eigenvalue weighted by Crippen LogP contribution is 2.30. The molecule has 5 heteroatoms. The van der Waals surface area contributed by atoms with Gasteiger partial charge in [0, 0.05) is 28.7 Å². The van der Waals surface area contributed by atoms with E-state index in [0.29, 0.717) is 11.3 Å². The van der Waals surface area contributed by atoms with Gasteiger partial charge in [-0.3, -0.25) is 10.1 Å². The molecule has 0 radical (unpaired) electrons. The van der Waals surface area contributed by atoms with E-state index in [1.807, 2.05) is 66.9 Å². The highest BCUT2D eigenvalue weighted by molar-refractivity contribution is 5.94. The molecule has 0 aliphatic rings. The van der Waals surface area contributed by atoms with E-state index in [-0.39, 0.29) is 0 Å². The zero-order valence-corrected chi connectivity index (χ0v) is 14.9. The van der Waals surface area contributed by atoms with Crippen molar-refractivity contribution in [2.75, 3.05) is 0 Å². The van der Waals surface area contributed by atoms with Crippen molar-refractivity contribution in [2.45, 2.75) is 5.92 Å². The molecule has 3 aromatic heterocycles. The van der Waals surface area contributed by atoms with Crippen molar-refractivity contribution in [3.63, 3.8) is 0 Å². The summed E-state index contributed by atoms with van der Waals surface area (Å²) >= 11 is 0. The third-order valence-electron chi connectivity index (χ3n) is 4.93. The number of aromatic amines is 1. The smallest absolute Gasteiger partial charge is 0.181 e. The summed E-state index contributed by atoms with van der Waals surface area (Å²) in [7, 11) is 0. The molecule has 5 aromatic rings. The molecule has 0 unspecified atom stereocenters. The molecule has 2 aromatic carbocycles. The predicted octanol–water partition coefficient (Wildman–Crippen LogP) is 4.83. The van der Waals surface area contributed by atoms with Crippen LogP contribution in [-0.2, 0) is 0 Å². The first-order valence-electron chi connectivity index (χ1n) is 8.97. The van der Waals surface area contributed by atoms with Gasteiger partial charge in [-0.2, -0.15) is 10.4 Å². The first kappa shape index (κ1) is 16.2. The van der Waals surface area contributed by atoms with Crippen LogP contribution < -0.4 is 0 Å². The quantitative estimate of drug-likeness (QED) is 0.499. The minimum atomic E-state index is -0.418. The Balaban J connectivity index is 1.59. The van der Waals surface area contributed by atoms with Gasteiger partial charge in [0.2, 0.25) is 0 Å². The Hall–Kier alpha value is -4.04. The Morgan fingerprint density at radius 1 is 0.929 bits per heavy atom. The van der Waals surface area contributed by atoms with Crippen LogP contribution in [0.1, 0.15) is 17.2 Å². The molecule has 5 nitrogen and oxygen atoms in total. The standard InChI is InChI=1S/C23H15N5/c24-13-20(15-4-2-1-3-5-15)21-9-8-19-22(27-28-23(19)26-21)17-6-7-18-14-25-11-10-16(18)12-17/h1-12,14,20H,(H,26,27,28)/t20-/m1/s1. The molecule has 0 aliphatic carbocycles. The lowest BCUT2D eigenvalue weighted by Crippen LogP contribution is -2.01. The molecule has 3 heterocycles. The number of aromatic nitrogens is 4. The van der Waals surface area contributed by atoms with E-state index in [1.165, 1.54) is 0 Å². The van der Waals surface area contributed by atoms with E-state index in [2.05, 4.69) is 32.3 Å². The average Bonchev–Trinajstić information content (AvgIpc) is 3.18. The summed E-state index contributed by atoms with van der Waals surface area (Å²) in [6.45, 7) is 0. The van der Waals surface area contributed by atoms with Gasteiger partial charge in [-0.05, 0) is 35.2 Å². The Morgan fingerprint density at radius 3 is 2.68 bits per heavy atom. The fourth-order valence-corrected chi connectivity index (χ4v) is 3.49. The number of fused-ring (bicyclic) bond motifs is 2. The van der Waals surface area contributed by atoms with Crippen LogP contribution in [0, 0.1) is 11.3 Å². The van der Waals surface area contributed by atoms with Crippen LogP contribution in [0.4, 0.5) is 0 Å². The second kappa shape index (κ2) is 6.60. The number of nitriles is 1. The first-order chi connectivity index (χ1) is 13.8. The van der Waals surface area contributed by atoms with E-state index in [4.69, 9.17) is 0 Å². The van der Waals surface area contributed by atoms with Crippen LogP contribution in [0.5, 0.6) is 0 Å². The topological polar surface area (TPSA) is 78.2 Å². The monoisotopic (exact) mass is 361 g/mol. The fraction of sp³-hybridized carbons (Fsp3) is 0.0435. The van der Waals surface area contributed by atoms with E-state index in [0.717, 1.165) is 33.0 Å². The minimum Gasteiger partial charge on any atom is -0.275 e. The maximum absolute atomic E-state index is 9.67. The lowest BCUT2D eigenvalue weighted by atomic mass is 9.96. The molecule has 1 atom stereocenters. The van der Waals surface area contributed by atoms with Crippen LogP contribution in [0.3, 0.4) is 0 Å². The largest absolute Gasteiger partial charge is 0.275 e. The molecular weight excluding hydrogens is 346 g/mol.